The topological polar surface area (TPSA) is 80.1 Å². The molecule has 2 rings (SSSR count). The van der Waals surface area contributed by atoms with Gasteiger partial charge in [0.15, 0.2) is 5.76 Å². The summed E-state index contributed by atoms with van der Waals surface area (Å²) in [6.07, 6.45) is -0.0901. The largest absolute Gasteiger partial charge is 0.438 e. The first kappa shape index (κ1) is 17.0. The van der Waals surface area contributed by atoms with Crippen LogP contribution in [0.5, 0.6) is 0 Å². The number of sulfonamides is 1. The predicted octanol–water partition coefficient (Wildman–Crippen LogP) is 1.17. The molecule has 2 heterocycles. The van der Waals surface area contributed by atoms with Crippen molar-refractivity contribution in [2.75, 3.05) is 27.2 Å². The Hall–Kier alpha value is -1.38. The van der Waals surface area contributed by atoms with Gasteiger partial charge >= 0.3 is 0 Å². The highest BCUT2D eigenvalue weighted by Crippen LogP contribution is 2.24. The van der Waals surface area contributed by atoms with Crippen LogP contribution in [-0.4, -0.2) is 62.4 Å². The molecular weight excluding hydrogens is 308 g/mol. The Labute approximate surface area is 130 Å². The second-order valence-electron chi connectivity index (χ2n) is 6.28. The smallest absolute Gasteiger partial charge is 0.289 e. The molecule has 7 nitrogen and oxygen atoms in total. The van der Waals surface area contributed by atoms with Gasteiger partial charge in [0.05, 0.1) is 11.7 Å². The highest BCUT2D eigenvalue weighted by Gasteiger charge is 2.35. The van der Waals surface area contributed by atoms with Crippen LogP contribution in [0.2, 0.25) is 0 Å². The monoisotopic (exact) mass is 330 g/mol. The molecule has 22 heavy (non-hydrogen) atoms. The third-order valence-electron chi connectivity index (χ3n) is 3.38. The van der Waals surface area contributed by atoms with E-state index in [0.717, 1.165) is 4.31 Å². The van der Waals surface area contributed by atoms with Gasteiger partial charge in [0, 0.05) is 27.2 Å². The number of hydrogen-bond donors (Lipinski definition) is 0. The van der Waals surface area contributed by atoms with Gasteiger partial charge in [-0.25, -0.2) is 12.7 Å². The minimum Gasteiger partial charge on any atom is -0.438 e. The minimum absolute atomic E-state index is 0.0188. The van der Waals surface area contributed by atoms with Gasteiger partial charge in [0.2, 0.25) is 5.09 Å². The van der Waals surface area contributed by atoms with Crippen LogP contribution in [0, 0.1) is 0 Å². The zero-order valence-corrected chi connectivity index (χ0v) is 14.3. The molecule has 0 aliphatic carbocycles. The fourth-order valence-corrected chi connectivity index (χ4v) is 3.31. The van der Waals surface area contributed by atoms with E-state index in [0.29, 0.717) is 13.1 Å². The average molecular weight is 330 g/mol. The molecule has 1 fully saturated rings. The molecule has 124 valence electrons. The summed E-state index contributed by atoms with van der Waals surface area (Å²) in [6, 6.07) is 2.70. The third-order valence-corrected chi connectivity index (χ3v) is 5.07. The average Bonchev–Trinajstić information content (AvgIpc) is 2.85. The Kier molecular flexibility index (Phi) is 4.38. The first-order valence-electron chi connectivity index (χ1n) is 7.02. The first-order chi connectivity index (χ1) is 10.0. The molecule has 1 aliphatic rings. The van der Waals surface area contributed by atoms with Crippen molar-refractivity contribution in [1.29, 1.82) is 0 Å². The summed E-state index contributed by atoms with van der Waals surface area (Å²) in [5.74, 6) is -0.311. The molecular formula is C14H22N2O5S. The SMILES string of the molecule is CC1CN(C(=O)c2ccc(S(=O)(=O)N(C)C)o2)CC(C)(C)O1. The van der Waals surface area contributed by atoms with E-state index in [2.05, 4.69) is 0 Å². The Balaban J connectivity index is 2.23. The second kappa shape index (κ2) is 5.68. The van der Waals surface area contributed by atoms with E-state index in [1.54, 1.807) is 4.90 Å². The summed E-state index contributed by atoms with van der Waals surface area (Å²) in [5, 5.41) is -0.235. The summed E-state index contributed by atoms with van der Waals surface area (Å²) in [4.78, 5) is 14.1. The molecule has 1 unspecified atom stereocenters. The fourth-order valence-electron chi connectivity index (χ4n) is 2.52. The molecule has 1 atom stereocenters. The third kappa shape index (κ3) is 3.34. The van der Waals surface area contributed by atoms with Crippen LogP contribution < -0.4 is 0 Å². The first-order valence-corrected chi connectivity index (χ1v) is 8.46. The number of morpholine rings is 1. The van der Waals surface area contributed by atoms with Crippen LogP contribution in [0.4, 0.5) is 0 Å². The van der Waals surface area contributed by atoms with Crippen molar-refractivity contribution in [2.24, 2.45) is 0 Å². The van der Waals surface area contributed by atoms with Crippen molar-refractivity contribution in [2.45, 2.75) is 37.6 Å². The van der Waals surface area contributed by atoms with Crippen molar-refractivity contribution < 1.29 is 22.4 Å². The van der Waals surface area contributed by atoms with E-state index in [1.165, 1.54) is 26.2 Å². The summed E-state index contributed by atoms with van der Waals surface area (Å²) >= 11 is 0. The standard InChI is InChI=1S/C14H22N2O5S/c1-10-8-16(9-14(2,3)21-10)13(17)11-6-7-12(20-11)22(18,19)15(4)5/h6-7,10H,8-9H2,1-5H3. The maximum absolute atomic E-state index is 12.5. The zero-order chi connectivity index (χ0) is 16.7. The van der Waals surface area contributed by atoms with Crippen molar-refractivity contribution in [3.05, 3.63) is 17.9 Å². The number of ether oxygens (including phenoxy) is 1. The molecule has 1 saturated heterocycles. The lowest BCUT2D eigenvalue weighted by molar-refractivity contribution is -0.119. The molecule has 1 aliphatic heterocycles. The highest BCUT2D eigenvalue weighted by molar-refractivity contribution is 7.88. The molecule has 0 aromatic carbocycles. The van der Waals surface area contributed by atoms with Crippen LogP contribution in [0.3, 0.4) is 0 Å². The van der Waals surface area contributed by atoms with Crippen LogP contribution in [0.25, 0.3) is 0 Å². The summed E-state index contributed by atoms with van der Waals surface area (Å²) < 4.78 is 36.0. The Morgan fingerprint density at radius 2 is 2.00 bits per heavy atom. The normalized spacial score (nSPS) is 22.1. The van der Waals surface area contributed by atoms with E-state index in [9.17, 15) is 13.2 Å². The van der Waals surface area contributed by atoms with Crippen LogP contribution >= 0.6 is 0 Å². The van der Waals surface area contributed by atoms with E-state index in [4.69, 9.17) is 9.15 Å². The second-order valence-corrected chi connectivity index (χ2v) is 8.36. The molecule has 1 amide bonds. The Morgan fingerprint density at radius 3 is 2.55 bits per heavy atom. The lowest BCUT2D eigenvalue weighted by Gasteiger charge is -2.41. The summed E-state index contributed by atoms with van der Waals surface area (Å²) in [6.45, 7) is 6.58. The van der Waals surface area contributed by atoms with Gasteiger partial charge in [-0.05, 0) is 32.9 Å². The zero-order valence-electron chi connectivity index (χ0n) is 13.5. The maximum Gasteiger partial charge on any atom is 0.289 e. The molecule has 1 aromatic rings. The van der Waals surface area contributed by atoms with Gasteiger partial charge < -0.3 is 14.1 Å². The number of carbonyl (C=O) groups excluding carboxylic acids is 1. The fraction of sp³-hybridized carbons (Fsp3) is 0.643. The van der Waals surface area contributed by atoms with Gasteiger partial charge in [-0.2, -0.15) is 0 Å². The van der Waals surface area contributed by atoms with Gasteiger partial charge in [-0.15, -0.1) is 0 Å². The number of rotatable bonds is 3. The van der Waals surface area contributed by atoms with Crippen LogP contribution in [0.15, 0.2) is 21.6 Å². The summed E-state index contributed by atoms with van der Waals surface area (Å²) in [7, 11) is -0.866. The van der Waals surface area contributed by atoms with Gasteiger partial charge in [-0.3, -0.25) is 4.79 Å². The predicted molar refractivity (Wildman–Crippen MR) is 80.1 cm³/mol. The van der Waals surface area contributed by atoms with Crippen molar-refractivity contribution in [1.82, 2.24) is 9.21 Å². The van der Waals surface area contributed by atoms with Crippen LogP contribution in [0.1, 0.15) is 31.3 Å². The number of amides is 1. The van der Waals surface area contributed by atoms with Crippen molar-refractivity contribution in [3.8, 4) is 0 Å². The Morgan fingerprint density at radius 1 is 1.36 bits per heavy atom. The molecule has 0 N–H and O–H groups in total. The number of hydrogen-bond acceptors (Lipinski definition) is 5. The van der Waals surface area contributed by atoms with Crippen molar-refractivity contribution >= 4 is 15.9 Å². The number of furan rings is 1. The molecule has 8 heteroatoms. The minimum atomic E-state index is -3.68. The quantitative estimate of drug-likeness (QED) is 0.831. The number of carbonyl (C=O) groups is 1. The molecule has 0 bridgehead atoms. The van der Waals surface area contributed by atoms with E-state index in [-0.39, 0.29) is 22.9 Å². The van der Waals surface area contributed by atoms with Gasteiger partial charge in [0.25, 0.3) is 15.9 Å². The summed E-state index contributed by atoms with van der Waals surface area (Å²) in [5.41, 5.74) is -0.446. The molecule has 0 saturated carbocycles. The Bertz CT molecular complexity index is 663. The molecule has 0 radical (unpaired) electrons. The van der Waals surface area contributed by atoms with Crippen molar-refractivity contribution in [3.63, 3.8) is 0 Å². The highest BCUT2D eigenvalue weighted by atomic mass is 32.2. The van der Waals surface area contributed by atoms with Crippen LogP contribution in [-0.2, 0) is 14.8 Å². The maximum atomic E-state index is 12.5. The number of nitrogens with zero attached hydrogens (tertiary/aromatic N) is 2. The van der Waals surface area contributed by atoms with E-state index < -0.39 is 15.6 Å². The lowest BCUT2D eigenvalue weighted by Crippen LogP contribution is -2.53. The van der Waals surface area contributed by atoms with E-state index in [1.807, 2.05) is 20.8 Å². The molecule has 0 spiro atoms. The molecule has 1 aromatic heterocycles. The van der Waals surface area contributed by atoms with E-state index >= 15 is 0 Å². The lowest BCUT2D eigenvalue weighted by atomic mass is 10.1. The van der Waals surface area contributed by atoms with Gasteiger partial charge in [-0.1, -0.05) is 0 Å². The van der Waals surface area contributed by atoms with Gasteiger partial charge in [0.1, 0.15) is 0 Å².